The summed E-state index contributed by atoms with van der Waals surface area (Å²) in [6, 6.07) is 0. The van der Waals surface area contributed by atoms with Gasteiger partial charge in [-0.05, 0) is 32.7 Å². The van der Waals surface area contributed by atoms with Gasteiger partial charge in [0.25, 0.3) is 0 Å². The Morgan fingerprint density at radius 1 is 1.31 bits per heavy atom. The van der Waals surface area contributed by atoms with Crippen molar-refractivity contribution >= 4 is 11.6 Å². The molecule has 3 nitrogen and oxygen atoms in total. The molecule has 1 N–H and O–H groups in total. The number of aryl methyl sites for hydroxylation is 1. The van der Waals surface area contributed by atoms with E-state index >= 15 is 0 Å². The summed E-state index contributed by atoms with van der Waals surface area (Å²) in [6.45, 7) is 11.3. The molecule has 0 unspecified atom stereocenters. The third-order valence-corrected chi connectivity index (χ3v) is 3.24. The molecule has 0 spiro atoms. The molecule has 0 bridgehead atoms. The Morgan fingerprint density at radius 3 is 2.50 bits per heavy atom. The van der Waals surface area contributed by atoms with Crippen LogP contribution in [0.15, 0.2) is 0 Å². The maximum absolute atomic E-state index is 6.08. The minimum absolute atomic E-state index is 0.760. The predicted octanol–water partition coefficient (Wildman–Crippen LogP) is 2.79. The molecule has 0 aromatic carbocycles. The smallest absolute Gasteiger partial charge is 0.0844 e. The Bertz CT molecular complexity index is 331. The molecule has 92 valence electrons. The zero-order chi connectivity index (χ0) is 12.1. The van der Waals surface area contributed by atoms with Crippen LogP contribution >= 0.6 is 11.6 Å². The molecule has 0 aliphatic rings. The number of rotatable bonds is 6. The molecule has 0 atom stereocenters. The molecule has 16 heavy (non-hydrogen) atoms. The first-order chi connectivity index (χ1) is 7.52. The molecule has 0 amide bonds. The topological polar surface area (TPSA) is 29.9 Å². The van der Waals surface area contributed by atoms with Gasteiger partial charge >= 0.3 is 0 Å². The lowest BCUT2D eigenvalue weighted by Crippen LogP contribution is -2.22. The highest BCUT2D eigenvalue weighted by Gasteiger charge is 2.07. The highest BCUT2D eigenvalue weighted by Crippen LogP contribution is 2.18. The summed E-state index contributed by atoms with van der Waals surface area (Å²) < 4.78 is 1.97. The third-order valence-electron chi connectivity index (χ3n) is 2.69. The number of hydrogen-bond acceptors (Lipinski definition) is 2. The van der Waals surface area contributed by atoms with Crippen LogP contribution in [-0.2, 0) is 6.54 Å². The lowest BCUT2D eigenvalue weighted by atomic mass is 10.1. The second-order valence-corrected chi connectivity index (χ2v) is 5.02. The molecular weight excluding hydrogens is 222 g/mol. The van der Waals surface area contributed by atoms with Crippen molar-refractivity contribution in [3.8, 4) is 0 Å². The van der Waals surface area contributed by atoms with Gasteiger partial charge in [0.1, 0.15) is 0 Å². The lowest BCUT2D eigenvalue weighted by molar-refractivity contribution is 0.500. The van der Waals surface area contributed by atoms with Crippen LogP contribution in [0.3, 0.4) is 0 Å². The summed E-state index contributed by atoms with van der Waals surface area (Å²) in [4.78, 5) is 0. The van der Waals surface area contributed by atoms with Crippen molar-refractivity contribution in [1.82, 2.24) is 15.1 Å². The molecule has 0 aliphatic heterocycles. The van der Waals surface area contributed by atoms with Crippen LogP contribution in [0.4, 0.5) is 0 Å². The third kappa shape index (κ3) is 3.80. The van der Waals surface area contributed by atoms with E-state index in [1.165, 1.54) is 6.42 Å². The van der Waals surface area contributed by atoms with Crippen LogP contribution in [-0.4, -0.2) is 22.9 Å². The van der Waals surface area contributed by atoms with E-state index in [2.05, 4.69) is 24.3 Å². The van der Waals surface area contributed by atoms with E-state index in [0.29, 0.717) is 0 Å². The molecule has 1 rings (SSSR count). The molecule has 1 aromatic heterocycles. The number of aromatic nitrogens is 2. The van der Waals surface area contributed by atoms with E-state index in [9.17, 15) is 0 Å². The fourth-order valence-corrected chi connectivity index (χ4v) is 1.73. The second-order valence-electron chi connectivity index (χ2n) is 4.64. The summed E-state index contributed by atoms with van der Waals surface area (Å²) >= 11 is 6.08. The first-order valence-electron chi connectivity index (χ1n) is 5.92. The van der Waals surface area contributed by atoms with Crippen LogP contribution in [0.5, 0.6) is 0 Å². The molecule has 0 radical (unpaired) electrons. The molecular formula is C12H22ClN3. The van der Waals surface area contributed by atoms with Crippen LogP contribution in [0.1, 0.15) is 31.7 Å². The van der Waals surface area contributed by atoms with Crippen molar-refractivity contribution in [2.45, 2.75) is 40.7 Å². The molecule has 0 saturated carbocycles. The number of halogens is 1. The van der Waals surface area contributed by atoms with E-state index in [-0.39, 0.29) is 0 Å². The Morgan fingerprint density at radius 2 is 2.00 bits per heavy atom. The highest BCUT2D eigenvalue weighted by molar-refractivity contribution is 6.31. The summed E-state index contributed by atoms with van der Waals surface area (Å²) in [5, 5.41) is 8.60. The lowest BCUT2D eigenvalue weighted by Gasteiger charge is -2.08. The van der Waals surface area contributed by atoms with Gasteiger partial charge in [0, 0.05) is 6.54 Å². The Kier molecular flexibility index (Phi) is 5.29. The maximum Gasteiger partial charge on any atom is 0.0844 e. The Balaban J connectivity index is 2.29. The van der Waals surface area contributed by atoms with Gasteiger partial charge in [0.2, 0.25) is 0 Å². The van der Waals surface area contributed by atoms with Crippen molar-refractivity contribution in [1.29, 1.82) is 0 Å². The summed E-state index contributed by atoms with van der Waals surface area (Å²) in [7, 11) is 0. The van der Waals surface area contributed by atoms with Crippen LogP contribution in [0.2, 0.25) is 5.02 Å². The van der Waals surface area contributed by atoms with Gasteiger partial charge in [-0.1, -0.05) is 25.4 Å². The summed E-state index contributed by atoms with van der Waals surface area (Å²) in [5.41, 5.74) is 1.98. The van der Waals surface area contributed by atoms with Gasteiger partial charge in [0.15, 0.2) is 0 Å². The van der Waals surface area contributed by atoms with Gasteiger partial charge in [-0.3, -0.25) is 4.68 Å². The summed E-state index contributed by atoms with van der Waals surface area (Å²) in [6.07, 6.45) is 1.22. The van der Waals surface area contributed by atoms with E-state index < -0.39 is 0 Å². The zero-order valence-corrected chi connectivity index (χ0v) is 11.4. The van der Waals surface area contributed by atoms with Gasteiger partial charge in [-0.25, -0.2) is 0 Å². The van der Waals surface area contributed by atoms with Crippen molar-refractivity contribution < 1.29 is 0 Å². The van der Waals surface area contributed by atoms with Gasteiger partial charge in [-0.15, -0.1) is 0 Å². The van der Waals surface area contributed by atoms with Gasteiger partial charge < -0.3 is 5.32 Å². The van der Waals surface area contributed by atoms with E-state index in [1.54, 1.807) is 0 Å². The number of nitrogens with one attached hydrogen (secondary N) is 1. The first-order valence-corrected chi connectivity index (χ1v) is 6.30. The number of hydrogen-bond donors (Lipinski definition) is 1. The number of nitrogens with zero attached hydrogens (tertiary/aromatic N) is 2. The Labute approximate surface area is 103 Å². The Hall–Kier alpha value is -0.540. The minimum Gasteiger partial charge on any atom is -0.315 e. The largest absolute Gasteiger partial charge is 0.315 e. The van der Waals surface area contributed by atoms with E-state index in [1.807, 2.05) is 18.5 Å². The first kappa shape index (κ1) is 13.5. The van der Waals surface area contributed by atoms with Crippen molar-refractivity contribution in [2.75, 3.05) is 13.1 Å². The maximum atomic E-state index is 6.08. The normalized spacial score (nSPS) is 11.4. The average molecular weight is 244 g/mol. The fourth-order valence-electron chi connectivity index (χ4n) is 1.59. The van der Waals surface area contributed by atoms with E-state index in [0.717, 1.165) is 42.0 Å². The average Bonchev–Trinajstić information content (AvgIpc) is 2.45. The second kappa shape index (κ2) is 6.26. The summed E-state index contributed by atoms with van der Waals surface area (Å²) in [5.74, 6) is 0.760. The minimum atomic E-state index is 0.760. The van der Waals surface area contributed by atoms with Gasteiger partial charge in [-0.2, -0.15) is 5.10 Å². The van der Waals surface area contributed by atoms with Crippen LogP contribution in [0, 0.1) is 19.8 Å². The van der Waals surface area contributed by atoms with Crippen molar-refractivity contribution in [3.05, 3.63) is 16.4 Å². The molecule has 1 heterocycles. The molecule has 4 heteroatoms. The van der Waals surface area contributed by atoms with E-state index in [4.69, 9.17) is 11.6 Å². The standard InChI is InChI=1S/C12H22ClN3/c1-9(2)5-6-14-7-8-16-11(4)12(13)10(3)15-16/h9,14H,5-8H2,1-4H3. The van der Waals surface area contributed by atoms with Crippen LogP contribution < -0.4 is 5.32 Å². The quantitative estimate of drug-likeness (QED) is 0.779. The fraction of sp³-hybridized carbons (Fsp3) is 0.750. The molecule has 1 aromatic rings. The zero-order valence-electron chi connectivity index (χ0n) is 10.7. The van der Waals surface area contributed by atoms with Crippen molar-refractivity contribution in [2.24, 2.45) is 5.92 Å². The molecule has 0 aliphatic carbocycles. The predicted molar refractivity (Wildman–Crippen MR) is 69.0 cm³/mol. The van der Waals surface area contributed by atoms with Crippen LogP contribution in [0.25, 0.3) is 0 Å². The van der Waals surface area contributed by atoms with Crippen molar-refractivity contribution in [3.63, 3.8) is 0 Å². The molecule has 0 saturated heterocycles. The monoisotopic (exact) mass is 243 g/mol. The van der Waals surface area contributed by atoms with Gasteiger partial charge in [0.05, 0.1) is 23.0 Å². The SMILES string of the molecule is Cc1nn(CCNCCC(C)C)c(C)c1Cl. The highest BCUT2D eigenvalue weighted by atomic mass is 35.5. The molecule has 0 fully saturated rings.